The topological polar surface area (TPSA) is 68.3 Å². The molecule has 0 radical (unpaired) electrons. The highest BCUT2D eigenvalue weighted by Crippen LogP contribution is 2.26. The number of halogens is 1. The van der Waals surface area contributed by atoms with Crippen molar-refractivity contribution in [3.63, 3.8) is 0 Å². The summed E-state index contributed by atoms with van der Waals surface area (Å²) in [5.41, 5.74) is 0.0810. The minimum atomic E-state index is -0.568. The van der Waals surface area contributed by atoms with Crippen molar-refractivity contribution in [3.05, 3.63) is 10.6 Å². The number of carbonyl (C=O) groups is 2. The van der Waals surface area contributed by atoms with E-state index in [2.05, 4.69) is 26.2 Å². The molecular formula is C10H13BrN2O3S. The molecule has 5 nitrogen and oxygen atoms in total. The molecule has 0 fully saturated rings. The van der Waals surface area contributed by atoms with Gasteiger partial charge in [-0.15, -0.1) is 0 Å². The molecular weight excluding hydrogens is 308 g/mol. The number of esters is 1. The molecule has 1 aromatic heterocycles. The fourth-order valence-electron chi connectivity index (χ4n) is 1.11. The molecule has 1 heterocycles. The zero-order chi connectivity index (χ0) is 13.0. The number of hydrogen-bond donors (Lipinski definition) is 1. The van der Waals surface area contributed by atoms with E-state index in [4.69, 9.17) is 4.74 Å². The summed E-state index contributed by atoms with van der Waals surface area (Å²) in [4.78, 5) is 27.5. The van der Waals surface area contributed by atoms with E-state index in [1.54, 1.807) is 20.9 Å². The van der Waals surface area contributed by atoms with Crippen molar-refractivity contribution in [2.75, 3.05) is 19.0 Å². The third-order valence-electron chi connectivity index (χ3n) is 1.89. The van der Waals surface area contributed by atoms with E-state index in [1.165, 1.54) is 0 Å². The van der Waals surface area contributed by atoms with Crippen molar-refractivity contribution in [2.24, 2.45) is 0 Å². The van der Waals surface area contributed by atoms with Crippen molar-refractivity contribution in [3.8, 4) is 0 Å². The highest BCUT2D eigenvalue weighted by Gasteiger charge is 2.26. The Hall–Kier alpha value is -0.950. The molecule has 0 aliphatic heterocycles. The maximum atomic E-state index is 11.9. The lowest BCUT2D eigenvalue weighted by Gasteiger charge is -2.02. The number of hydrogen-bond acceptors (Lipinski definition) is 6. The number of Topliss-reactive ketones (excluding diaryl/α,β-unsaturated/α-hetero) is 1. The van der Waals surface area contributed by atoms with E-state index in [0.29, 0.717) is 10.0 Å². The van der Waals surface area contributed by atoms with Crippen LogP contribution in [0.1, 0.15) is 34.0 Å². The van der Waals surface area contributed by atoms with Gasteiger partial charge < -0.3 is 10.1 Å². The first kappa shape index (κ1) is 14.1. The quantitative estimate of drug-likeness (QED) is 0.512. The van der Waals surface area contributed by atoms with Crippen molar-refractivity contribution in [1.82, 2.24) is 4.98 Å². The molecule has 0 aromatic carbocycles. The van der Waals surface area contributed by atoms with E-state index in [0.717, 1.165) is 11.3 Å². The first-order valence-corrected chi connectivity index (χ1v) is 6.78. The Morgan fingerprint density at radius 2 is 2.24 bits per heavy atom. The molecule has 7 heteroatoms. The molecule has 1 rings (SSSR count). The third-order valence-corrected chi connectivity index (χ3v) is 3.40. The molecule has 1 atom stereocenters. The number of aromatic nitrogens is 1. The molecule has 1 aromatic rings. The summed E-state index contributed by atoms with van der Waals surface area (Å²) in [5.74, 6) is -0.742. The van der Waals surface area contributed by atoms with Crippen LogP contribution < -0.4 is 5.32 Å². The van der Waals surface area contributed by atoms with E-state index in [9.17, 15) is 9.59 Å². The summed E-state index contributed by atoms with van der Waals surface area (Å²) in [7, 11) is 1.68. The smallest absolute Gasteiger partial charge is 0.358 e. The van der Waals surface area contributed by atoms with Crippen LogP contribution in [0.15, 0.2) is 0 Å². The lowest BCUT2D eigenvalue weighted by molar-refractivity contribution is 0.0517. The molecule has 94 valence electrons. The van der Waals surface area contributed by atoms with Crippen LogP contribution in [0.2, 0.25) is 0 Å². The summed E-state index contributed by atoms with van der Waals surface area (Å²) in [6.07, 6.45) is 0. The Labute approximate surface area is 112 Å². The molecule has 1 N–H and O–H groups in total. The molecule has 17 heavy (non-hydrogen) atoms. The predicted molar refractivity (Wildman–Crippen MR) is 70.3 cm³/mol. The van der Waals surface area contributed by atoms with Gasteiger partial charge in [0.05, 0.1) is 11.4 Å². The molecule has 1 unspecified atom stereocenters. The standard InChI is InChI=1S/C10H13BrN2O3S/c1-4-16-9(15)6-8(7(14)5(2)11)17-10(12-3)13-6/h5H,4H2,1-3H3,(H,12,13). The van der Waals surface area contributed by atoms with Gasteiger partial charge in [0.25, 0.3) is 0 Å². The van der Waals surface area contributed by atoms with Crippen LogP contribution in [-0.4, -0.2) is 35.2 Å². The summed E-state index contributed by atoms with van der Waals surface area (Å²) < 4.78 is 4.87. The second kappa shape index (κ2) is 6.11. The van der Waals surface area contributed by atoms with Crippen molar-refractivity contribution >= 4 is 44.2 Å². The van der Waals surface area contributed by atoms with Crippen molar-refractivity contribution in [1.29, 1.82) is 0 Å². The highest BCUT2D eigenvalue weighted by molar-refractivity contribution is 9.10. The van der Waals surface area contributed by atoms with Crippen LogP contribution in [0.5, 0.6) is 0 Å². The van der Waals surface area contributed by atoms with Crippen LogP contribution in [0, 0.1) is 0 Å². The number of rotatable bonds is 5. The summed E-state index contributed by atoms with van der Waals surface area (Å²) >= 11 is 4.33. The van der Waals surface area contributed by atoms with Gasteiger partial charge in [-0.2, -0.15) is 0 Å². The van der Waals surface area contributed by atoms with Gasteiger partial charge in [0, 0.05) is 7.05 Å². The second-order valence-electron chi connectivity index (χ2n) is 3.15. The van der Waals surface area contributed by atoms with Crippen LogP contribution in [0.3, 0.4) is 0 Å². The van der Waals surface area contributed by atoms with Crippen LogP contribution in [-0.2, 0) is 4.74 Å². The van der Waals surface area contributed by atoms with Gasteiger partial charge in [-0.3, -0.25) is 4.79 Å². The first-order chi connectivity index (χ1) is 8.01. The van der Waals surface area contributed by atoms with E-state index in [-0.39, 0.29) is 22.9 Å². The average molecular weight is 321 g/mol. The van der Waals surface area contributed by atoms with Crippen LogP contribution in [0.4, 0.5) is 5.13 Å². The molecule has 0 bridgehead atoms. The molecule has 0 saturated heterocycles. The van der Waals surface area contributed by atoms with E-state index >= 15 is 0 Å². The Kier molecular flexibility index (Phi) is 5.07. The fraction of sp³-hybridized carbons (Fsp3) is 0.500. The SMILES string of the molecule is CCOC(=O)c1nc(NC)sc1C(=O)C(C)Br. The molecule has 0 saturated carbocycles. The summed E-state index contributed by atoms with van der Waals surface area (Å²) in [5, 5.41) is 3.33. The molecule has 0 aliphatic rings. The summed E-state index contributed by atoms with van der Waals surface area (Å²) in [6.45, 7) is 3.66. The minimum Gasteiger partial charge on any atom is -0.461 e. The number of carbonyl (C=O) groups excluding carboxylic acids is 2. The van der Waals surface area contributed by atoms with Crippen molar-refractivity contribution in [2.45, 2.75) is 18.7 Å². The first-order valence-electron chi connectivity index (χ1n) is 5.05. The Morgan fingerprint density at radius 3 is 2.71 bits per heavy atom. The van der Waals surface area contributed by atoms with Crippen molar-refractivity contribution < 1.29 is 14.3 Å². The number of anilines is 1. The van der Waals surface area contributed by atoms with Crippen LogP contribution in [0.25, 0.3) is 0 Å². The maximum Gasteiger partial charge on any atom is 0.358 e. The lowest BCUT2D eigenvalue weighted by atomic mass is 10.2. The zero-order valence-corrected chi connectivity index (χ0v) is 12.1. The second-order valence-corrected chi connectivity index (χ2v) is 5.52. The molecule has 0 aliphatic carbocycles. The number of ketones is 1. The van der Waals surface area contributed by atoms with Gasteiger partial charge in [-0.05, 0) is 13.8 Å². The largest absolute Gasteiger partial charge is 0.461 e. The lowest BCUT2D eigenvalue weighted by Crippen LogP contribution is -2.15. The molecule has 0 spiro atoms. The number of ether oxygens (including phenoxy) is 1. The Bertz CT molecular complexity index is 431. The maximum absolute atomic E-state index is 11.9. The van der Waals surface area contributed by atoms with Gasteiger partial charge >= 0.3 is 5.97 Å². The van der Waals surface area contributed by atoms with Gasteiger partial charge in [0.1, 0.15) is 4.88 Å². The monoisotopic (exact) mass is 320 g/mol. The van der Waals surface area contributed by atoms with E-state index in [1.807, 2.05) is 0 Å². The Morgan fingerprint density at radius 1 is 1.59 bits per heavy atom. The third kappa shape index (κ3) is 3.26. The van der Waals surface area contributed by atoms with Gasteiger partial charge in [0.15, 0.2) is 16.6 Å². The number of alkyl halides is 1. The average Bonchev–Trinajstić information content (AvgIpc) is 2.72. The van der Waals surface area contributed by atoms with Gasteiger partial charge in [0.2, 0.25) is 0 Å². The molecule has 0 amide bonds. The zero-order valence-electron chi connectivity index (χ0n) is 9.74. The number of nitrogens with one attached hydrogen (secondary N) is 1. The number of thiazole rings is 1. The van der Waals surface area contributed by atoms with E-state index < -0.39 is 5.97 Å². The highest BCUT2D eigenvalue weighted by atomic mass is 79.9. The fourth-order valence-corrected chi connectivity index (χ4v) is 2.43. The minimum absolute atomic E-state index is 0.0810. The number of nitrogens with zero attached hydrogens (tertiary/aromatic N) is 1. The van der Waals surface area contributed by atoms with Gasteiger partial charge in [-0.1, -0.05) is 27.3 Å². The summed E-state index contributed by atoms with van der Waals surface area (Å²) in [6, 6.07) is 0. The van der Waals surface area contributed by atoms with Gasteiger partial charge in [-0.25, -0.2) is 9.78 Å². The predicted octanol–water partition coefficient (Wildman–Crippen LogP) is 2.33. The normalized spacial score (nSPS) is 12.0. The Balaban J connectivity index is 3.14. The van der Waals surface area contributed by atoms with Crippen LogP contribution >= 0.6 is 27.3 Å².